The average Bonchev–Trinajstić information content (AvgIpc) is 2.68. The predicted octanol–water partition coefficient (Wildman–Crippen LogP) is 8.31. The van der Waals surface area contributed by atoms with Crippen LogP contribution in [-0.2, 0) is 13.2 Å². The summed E-state index contributed by atoms with van der Waals surface area (Å²) in [5, 5.41) is 5.04. The van der Waals surface area contributed by atoms with Crippen molar-refractivity contribution >= 4 is 56.4 Å². The number of hydrogen-bond acceptors (Lipinski definition) is 3. The van der Waals surface area contributed by atoms with E-state index < -0.39 is 0 Å². The van der Waals surface area contributed by atoms with Crippen LogP contribution in [0.2, 0.25) is 15.1 Å². The second-order valence-electron chi connectivity index (χ2n) is 6.68. The number of rotatable bonds is 8. The Labute approximate surface area is 200 Å². The van der Waals surface area contributed by atoms with E-state index in [1.165, 1.54) is 0 Å². The molecule has 7 heteroatoms. The molecule has 3 aromatic rings. The van der Waals surface area contributed by atoms with Crippen molar-refractivity contribution in [2.45, 2.75) is 27.0 Å². The highest BCUT2D eigenvalue weighted by Crippen LogP contribution is 2.38. The Kier molecular flexibility index (Phi) is 8.18. The number of halogens is 4. The van der Waals surface area contributed by atoms with E-state index in [-0.39, 0.29) is 6.61 Å². The molecule has 0 saturated carbocycles. The van der Waals surface area contributed by atoms with Gasteiger partial charge in [-0.15, -0.1) is 0 Å². The third kappa shape index (κ3) is 5.98. The van der Waals surface area contributed by atoms with Crippen LogP contribution in [0.15, 0.2) is 53.0 Å². The minimum absolute atomic E-state index is 0.255. The highest BCUT2D eigenvalue weighted by Gasteiger charge is 2.14. The quantitative estimate of drug-likeness (QED) is 0.318. The number of hydrogen-bond donors (Lipinski definition) is 1. The zero-order valence-corrected chi connectivity index (χ0v) is 20.4. The Balaban J connectivity index is 1.77. The zero-order chi connectivity index (χ0) is 21.7. The molecule has 0 radical (unpaired) electrons. The molecule has 0 heterocycles. The van der Waals surface area contributed by atoms with Gasteiger partial charge in [-0.25, -0.2) is 0 Å². The average molecular weight is 530 g/mol. The topological polar surface area (TPSA) is 30.5 Å². The lowest BCUT2D eigenvalue weighted by Crippen LogP contribution is -2.04. The number of anilines is 1. The summed E-state index contributed by atoms with van der Waals surface area (Å²) in [6.45, 7) is 5.34. The fourth-order valence-corrected chi connectivity index (χ4v) is 4.16. The van der Waals surface area contributed by atoms with Crippen molar-refractivity contribution in [1.29, 1.82) is 0 Å². The van der Waals surface area contributed by atoms with Crippen LogP contribution in [0.1, 0.15) is 23.6 Å². The molecule has 3 aromatic carbocycles. The zero-order valence-electron chi connectivity index (χ0n) is 16.6. The van der Waals surface area contributed by atoms with Crippen LogP contribution in [0.5, 0.6) is 11.5 Å². The molecule has 0 saturated heterocycles. The van der Waals surface area contributed by atoms with Crippen molar-refractivity contribution in [3.05, 3.63) is 84.8 Å². The Bertz CT molecular complexity index is 1040. The fraction of sp³-hybridized carbons (Fsp3) is 0.217. The van der Waals surface area contributed by atoms with E-state index in [0.717, 1.165) is 26.9 Å². The van der Waals surface area contributed by atoms with E-state index in [9.17, 15) is 0 Å². The molecule has 30 heavy (non-hydrogen) atoms. The van der Waals surface area contributed by atoms with E-state index in [1.54, 1.807) is 12.1 Å². The maximum atomic E-state index is 6.54. The first-order valence-electron chi connectivity index (χ1n) is 9.39. The van der Waals surface area contributed by atoms with Gasteiger partial charge in [0.2, 0.25) is 0 Å². The lowest BCUT2D eigenvalue weighted by Gasteiger charge is -2.17. The van der Waals surface area contributed by atoms with Crippen molar-refractivity contribution in [2.75, 3.05) is 11.9 Å². The van der Waals surface area contributed by atoms with E-state index in [1.807, 2.05) is 37.3 Å². The minimum atomic E-state index is 0.255. The van der Waals surface area contributed by atoms with E-state index in [2.05, 4.69) is 34.2 Å². The molecule has 1 N–H and O–H groups in total. The Morgan fingerprint density at radius 2 is 1.73 bits per heavy atom. The Morgan fingerprint density at radius 3 is 2.43 bits per heavy atom. The third-order valence-corrected chi connectivity index (χ3v) is 5.79. The molecule has 0 amide bonds. The Hall–Kier alpha value is -1.59. The van der Waals surface area contributed by atoms with Crippen LogP contribution in [0.25, 0.3) is 0 Å². The van der Waals surface area contributed by atoms with Crippen LogP contribution in [0.3, 0.4) is 0 Å². The molecule has 0 aromatic heterocycles. The number of aryl methyl sites for hydroxylation is 1. The molecule has 0 unspecified atom stereocenters. The van der Waals surface area contributed by atoms with Gasteiger partial charge < -0.3 is 14.8 Å². The molecule has 0 fully saturated rings. The molecule has 158 valence electrons. The van der Waals surface area contributed by atoms with Gasteiger partial charge in [0.1, 0.15) is 6.61 Å². The van der Waals surface area contributed by atoms with Crippen LogP contribution >= 0.6 is 50.7 Å². The van der Waals surface area contributed by atoms with Crippen LogP contribution in [0, 0.1) is 6.92 Å². The van der Waals surface area contributed by atoms with Crippen molar-refractivity contribution in [3.8, 4) is 11.5 Å². The molecule has 0 aliphatic heterocycles. The molecule has 0 aliphatic rings. The van der Waals surface area contributed by atoms with Gasteiger partial charge in [-0.1, -0.05) is 56.8 Å². The van der Waals surface area contributed by atoms with E-state index in [0.29, 0.717) is 39.7 Å². The summed E-state index contributed by atoms with van der Waals surface area (Å²) in [6.07, 6.45) is 0. The SMILES string of the molecule is CCOc1cc(CNc2ccc(Br)cc2C)cc(Cl)c1OCc1ccc(Cl)cc1Cl. The van der Waals surface area contributed by atoms with Crippen molar-refractivity contribution in [3.63, 3.8) is 0 Å². The van der Waals surface area contributed by atoms with Gasteiger partial charge in [0.25, 0.3) is 0 Å². The summed E-state index contributed by atoms with van der Waals surface area (Å²) < 4.78 is 12.8. The van der Waals surface area contributed by atoms with Crippen molar-refractivity contribution in [2.24, 2.45) is 0 Å². The predicted molar refractivity (Wildman–Crippen MR) is 130 cm³/mol. The molecule has 0 bridgehead atoms. The smallest absolute Gasteiger partial charge is 0.180 e. The highest BCUT2D eigenvalue weighted by molar-refractivity contribution is 9.10. The number of nitrogens with one attached hydrogen (secondary N) is 1. The van der Waals surface area contributed by atoms with Gasteiger partial charge in [-0.3, -0.25) is 0 Å². The van der Waals surface area contributed by atoms with Gasteiger partial charge in [-0.2, -0.15) is 0 Å². The summed E-state index contributed by atoms with van der Waals surface area (Å²) in [7, 11) is 0. The van der Waals surface area contributed by atoms with E-state index in [4.69, 9.17) is 44.3 Å². The second-order valence-corrected chi connectivity index (χ2v) is 8.84. The maximum Gasteiger partial charge on any atom is 0.180 e. The number of benzene rings is 3. The first-order chi connectivity index (χ1) is 14.4. The number of ether oxygens (including phenoxy) is 2. The molecule has 0 spiro atoms. The summed E-state index contributed by atoms with van der Waals surface area (Å²) in [6, 6.07) is 15.2. The minimum Gasteiger partial charge on any atom is -0.490 e. The molecular formula is C23H21BrCl3NO2. The highest BCUT2D eigenvalue weighted by atomic mass is 79.9. The standard InChI is InChI=1S/C23H21BrCl3NO2/c1-3-29-22-10-15(12-28-21-7-5-17(24)8-14(21)2)9-20(27)23(22)30-13-16-4-6-18(25)11-19(16)26/h4-11,28H,3,12-13H2,1-2H3. The normalized spacial score (nSPS) is 10.7. The molecule has 0 atom stereocenters. The van der Waals surface area contributed by atoms with Gasteiger partial charge in [-0.05, 0) is 67.4 Å². The third-order valence-electron chi connectivity index (χ3n) is 4.43. The van der Waals surface area contributed by atoms with Gasteiger partial charge in [0, 0.05) is 32.3 Å². The molecule has 3 rings (SSSR count). The fourth-order valence-electron chi connectivity index (χ4n) is 2.94. The van der Waals surface area contributed by atoms with Gasteiger partial charge in [0.15, 0.2) is 11.5 Å². The van der Waals surface area contributed by atoms with Crippen LogP contribution in [-0.4, -0.2) is 6.61 Å². The van der Waals surface area contributed by atoms with Crippen LogP contribution < -0.4 is 14.8 Å². The largest absolute Gasteiger partial charge is 0.490 e. The molecule has 3 nitrogen and oxygen atoms in total. The van der Waals surface area contributed by atoms with E-state index >= 15 is 0 Å². The van der Waals surface area contributed by atoms with Gasteiger partial charge in [0.05, 0.1) is 11.6 Å². The Morgan fingerprint density at radius 1 is 0.933 bits per heavy atom. The molecule has 0 aliphatic carbocycles. The lowest BCUT2D eigenvalue weighted by atomic mass is 10.1. The summed E-state index contributed by atoms with van der Waals surface area (Å²) in [4.78, 5) is 0. The van der Waals surface area contributed by atoms with Gasteiger partial charge >= 0.3 is 0 Å². The first kappa shape index (κ1) is 23.1. The van der Waals surface area contributed by atoms with Crippen molar-refractivity contribution in [1.82, 2.24) is 0 Å². The lowest BCUT2D eigenvalue weighted by molar-refractivity contribution is 0.269. The van der Waals surface area contributed by atoms with Crippen molar-refractivity contribution < 1.29 is 9.47 Å². The molecular weight excluding hydrogens is 509 g/mol. The van der Waals surface area contributed by atoms with Crippen LogP contribution in [0.4, 0.5) is 5.69 Å². The summed E-state index contributed by atoms with van der Waals surface area (Å²) in [5.41, 5.74) is 4.02. The second kappa shape index (κ2) is 10.6. The summed E-state index contributed by atoms with van der Waals surface area (Å²) >= 11 is 22.2. The maximum absolute atomic E-state index is 6.54. The summed E-state index contributed by atoms with van der Waals surface area (Å²) in [5.74, 6) is 1.09. The monoisotopic (exact) mass is 527 g/mol. The first-order valence-corrected chi connectivity index (χ1v) is 11.3.